The van der Waals surface area contributed by atoms with E-state index in [1.165, 1.54) is 24.3 Å². The van der Waals surface area contributed by atoms with Crippen LogP contribution >= 0.6 is 35.3 Å². The zero-order valence-electron chi connectivity index (χ0n) is 16.6. The van der Waals surface area contributed by atoms with Crippen LogP contribution in [-0.4, -0.2) is 36.3 Å². The second kappa shape index (κ2) is 8.76. The van der Waals surface area contributed by atoms with Crippen LogP contribution in [0.25, 0.3) is 0 Å². The van der Waals surface area contributed by atoms with Crippen molar-refractivity contribution in [1.82, 2.24) is 0 Å². The van der Waals surface area contributed by atoms with Crippen molar-refractivity contribution in [3.63, 3.8) is 0 Å². The number of halogens is 2. The molecule has 0 saturated carbocycles. The fraction of sp³-hybridized carbons (Fsp3) is 0.455. The smallest absolute Gasteiger partial charge is 0.250 e. The number of piperidine rings is 1. The molecule has 2 unspecified atom stereocenters. The summed E-state index contributed by atoms with van der Waals surface area (Å²) in [5, 5.41) is 0.659. The maximum Gasteiger partial charge on any atom is 0.250 e. The molecule has 2 N–H and O–H groups in total. The lowest BCUT2D eigenvalue weighted by atomic mass is 9.88. The van der Waals surface area contributed by atoms with E-state index >= 15 is 0 Å². The lowest BCUT2D eigenvalue weighted by Gasteiger charge is -2.47. The fourth-order valence-electron chi connectivity index (χ4n) is 4.86. The van der Waals surface area contributed by atoms with Crippen LogP contribution in [0.1, 0.15) is 56.5 Å². The number of ketones is 1. The van der Waals surface area contributed by atoms with E-state index in [0.29, 0.717) is 23.0 Å². The van der Waals surface area contributed by atoms with Crippen LogP contribution in [0.3, 0.4) is 0 Å². The van der Waals surface area contributed by atoms with E-state index in [-0.39, 0.29) is 24.6 Å². The summed E-state index contributed by atoms with van der Waals surface area (Å²) in [5.41, 5.74) is 8.45. The van der Waals surface area contributed by atoms with Crippen LogP contribution in [0.5, 0.6) is 0 Å². The Morgan fingerprint density at radius 2 is 1.90 bits per heavy atom. The number of hydrogen-bond donors (Lipinski definition) is 1. The van der Waals surface area contributed by atoms with Crippen molar-refractivity contribution in [2.45, 2.75) is 44.6 Å². The Morgan fingerprint density at radius 3 is 2.59 bits per heavy atom. The molecule has 2 atom stereocenters. The van der Waals surface area contributed by atoms with Gasteiger partial charge in [0.15, 0.2) is 0 Å². The zero-order valence-corrected chi connectivity index (χ0v) is 19.0. The Bertz CT molecular complexity index is 926. The number of quaternary nitrogens is 1. The number of carbonyl (C=O) groups excluding carboxylic acids is 2. The van der Waals surface area contributed by atoms with Crippen LogP contribution in [-0.2, 0) is 24.1 Å². The van der Waals surface area contributed by atoms with Crippen LogP contribution in [0, 0.1) is 0 Å². The first-order chi connectivity index (χ1) is 13.4. The first kappa shape index (κ1) is 22.3. The maximum atomic E-state index is 12.7. The van der Waals surface area contributed by atoms with Gasteiger partial charge >= 0.3 is 0 Å². The molecule has 0 radical (unpaired) electrons. The van der Waals surface area contributed by atoms with Crippen molar-refractivity contribution in [1.29, 1.82) is 0 Å². The van der Waals surface area contributed by atoms with Gasteiger partial charge in [-0.15, -0.1) is 23.7 Å². The number of nitrogens with zero attached hydrogens (tertiary/aromatic N) is 1. The van der Waals surface area contributed by atoms with E-state index in [2.05, 4.69) is 7.05 Å². The highest BCUT2D eigenvalue weighted by Gasteiger charge is 2.44. The molecule has 2 aliphatic rings. The number of fused-ring (bicyclic) bond motifs is 3. The Hall–Kier alpha value is -1.40. The van der Waals surface area contributed by atoms with Gasteiger partial charge in [-0.25, -0.2) is 0 Å². The molecule has 3 heterocycles. The van der Waals surface area contributed by atoms with Gasteiger partial charge in [0, 0.05) is 35.6 Å². The molecular formula is C22H27Cl2N2O2S+. The molecule has 0 aliphatic carbocycles. The third-order valence-electron chi connectivity index (χ3n) is 6.35. The molecule has 1 amide bonds. The molecule has 2 aliphatic heterocycles. The normalized spacial score (nSPS) is 22.9. The molecule has 1 aromatic carbocycles. The second-order valence-corrected chi connectivity index (χ2v) is 9.89. The Balaban J connectivity index is 0.00000240. The van der Waals surface area contributed by atoms with Gasteiger partial charge in [0.25, 0.3) is 0 Å². The highest BCUT2D eigenvalue weighted by molar-refractivity contribution is 7.12. The molecule has 2 aromatic rings. The topological polar surface area (TPSA) is 60.2 Å². The average Bonchev–Trinajstić information content (AvgIpc) is 3.01. The fourth-order valence-corrected chi connectivity index (χ4v) is 6.65. The number of hydrogen-bond acceptors (Lipinski definition) is 3. The molecule has 1 fully saturated rings. The molecule has 156 valence electrons. The molecule has 4 rings (SSSR count). The predicted octanol–water partition coefficient (Wildman–Crippen LogP) is 4.50. The van der Waals surface area contributed by atoms with Crippen molar-refractivity contribution in [2.75, 3.05) is 20.1 Å². The maximum absolute atomic E-state index is 12.7. The number of rotatable bonds is 5. The highest BCUT2D eigenvalue weighted by atomic mass is 35.5. The van der Waals surface area contributed by atoms with Crippen molar-refractivity contribution in [3.8, 4) is 0 Å². The summed E-state index contributed by atoms with van der Waals surface area (Å²) in [6.07, 6.45) is 5.14. The SMILES string of the molecule is C[N+]12CCCCC1c1sc(CC(=O)Cc3ccc(Cl)cc3)c(C(N)=O)c1CC2.Cl. The summed E-state index contributed by atoms with van der Waals surface area (Å²) < 4.78 is 1.06. The summed E-state index contributed by atoms with van der Waals surface area (Å²) in [7, 11) is 2.34. The van der Waals surface area contributed by atoms with Gasteiger partial charge in [-0.2, -0.15) is 0 Å². The van der Waals surface area contributed by atoms with Gasteiger partial charge in [0.1, 0.15) is 11.8 Å². The van der Waals surface area contributed by atoms with E-state index in [0.717, 1.165) is 39.9 Å². The van der Waals surface area contributed by atoms with Crippen molar-refractivity contribution in [3.05, 3.63) is 55.7 Å². The number of amides is 1. The number of primary amides is 1. The summed E-state index contributed by atoms with van der Waals surface area (Å²) in [4.78, 5) is 27.1. The molecular weight excluding hydrogens is 427 g/mol. The van der Waals surface area contributed by atoms with Crippen molar-refractivity contribution in [2.24, 2.45) is 5.73 Å². The molecule has 29 heavy (non-hydrogen) atoms. The van der Waals surface area contributed by atoms with Gasteiger partial charge in [0.05, 0.1) is 30.6 Å². The Morgan fingerprint density at radius 1 is 1.17 bits per heavy atom. The van der Waals surface area contributed by atoms with Crippen LogP contribution in [0.15, 0.2) is 24.3 Å². The van der Waals surface area contributed by atoms with Crippen LogP contribution in [0.4, 0.5) is 0 Å². The van der Waals surface area contributed by atoms with Gasteiger partial charge in [0.2, 0.25) is 5.91 Å². The van der Waals surface area contributed by atoms with E-state index < -0.39 is 5.91 Å². The molecule has 7 heteroatoms. The Labute approximate surface area is 187 Å². The summed E-state index contributed by atoms with van der Waals surface area (Å²) in [6, 6.07) is 7.79. The van der Waals surface area contributed by atoms with Crippen LogP contribution in [0.2, 0.25) is 5.02 Å². The van der Waals surface area contributed by atoms with Crippen molar-refractivity contribution >= 4 is 47.0 Å². The van der Waals surface area contributed by atoms with E-state index in [9.17, 15) is 9.59 Å². The Kier molecular flexibility index (Phi) is 6.74. The van der Waals surface area contributed by atoms with Crippen molar-refractivity contribution < 1.29 is 14.1 Å². The summed E-state index contributed by atoms with van der Waals surface area (Å²) in [6.45, 7) is 2.24. The number of nitrogens with two attached hydrogens (primary N) is 1. The summed E-state index contributed by atoms with van der Waals surface area (Å²) >= 11 is 7.58. The minimum atomic E-state index is -0.390. The molecule has 1 aromatic heterocycles. The van der Waals surface area contributed by atoms with Crippen LogP contribution < -0.4 is 5.73 Å². The zero-order chi connectivity index (χ0) is 19.9. The van der Waals surface area contributed by atoms with Gasteiger partial charge in [-0.1, -0.05) is 23.7 Å². The first-order valence-corrected chi connectivity index (χ1v) is 11.1. The van der Waals surface area contributed by atoms with Gasteiger partial charge in [-0.3, -0.25) is 9.59 Å². The number of thiophene rings is 1. The van der Waals surface area contributed by atoms with E-state index in [1.807, 2.05) is 12.1 Å². The lowest BCUT2D eigenvalue weighted by molar-refractivity contribution is -0.945. The number of likely N-dealkylation sites (N-methyl/N-ethyl adjacent to an activating group) is 1. The van der Waals surface area contributed by atoms with E-state index in [1.54, 1.807) is 23.5 Å². The van der Waals surface area contributed by atoms with Gasteiger partial charge in [-0.05, 0) is 36.1 Å². The molecule has 4 nitrogen and oxygen atoms in total. The number of carbonyl (C=O) groups is 2. The van der Waals surface area contributed by atoms with E-state index in [4.69, 9.17) is 17.3 Å². The first-order valence-electron chi connectivity index (χ1n) is 9.92. The standard InChI is InChI=1S/C22H25ClN2O2S.ClH/c1-25-10-3-2-4-18(25)21-17(9-11-25)20(22(24)27)19(28-21)13-16(26)12-14-5-7-15(23)8-6-14;/h5-8,18H,2-4,9-13H2,1H3,(H-,24,27);1H/p+1. The minimum absolute atomic E-state index is 0. The summed E-state index contributed by atoms with van der Waals surface area (Å²) in [5.74, 6) is -0.289. The predicted molar refractivity (Wildman–Crippen MR) is 120 cm³/mol. The average molecular weight is 454 g/mol. The monoisotopic (exact) mass is 453 g/mol. The minimum Gasteiger partial charge on any atom is -0.366 e. The third-order valence-corrected chi connectivity index (χ3v) is 7.94. The third kappa shape index (κ3) is 4.38. The number of Topliss-reactive ketones (excluding diaryl/α,β-unsaturated/α-hetero) is 1. The largest absolute Gasteiger partial charge is 0.366 e. The molecule has 1 saturated heterocycles. The lowest BCUT2D eigenvalue weighted by Crippen LogP contribution is -2.53. The highest BCUT2D eigenvalue weighted by Crippen LogP contribution is 2.47. The quantitative estimate of drug-likeness (QED) is 0.677. The number of benzene rings is 1. The molecule has 0 bridgehead atoms. The molecule has 0 spiro atoms. The second-order valence-electron chi connectivity index (χ2n) is 8.31. The van der Waals surface area contributed by atoms with Gasteiger partial charge < -0.3 is 10.2 Å².